The van der Waals surface area contributed by atoms with Crippen LogP contribution in [0.3, 0.4) is 0 Å². The Balaban J connectivity index is 4.34. The molecule has 0 aromatic heterocycles. The van der Waals surface area contributed by atoms with Crippen LogP contribution in [0, 0.1) is 0 Å². The van der Waals surface area contributed by atoms with Crippen molar-refractivity contribution in [2.75, 3.05) is 12.9 Å². The number of hydrogen-bond acceptors (Lipinski definition) is 4. The molecule has 19 heavy (non-hydrogen) atoms. The van der Waals surface area contributed by atoms with Gasteiger partial charge in [-0.05, 0) is 44.8 Å². The predicted octanol–water partition coefficient (Wildman–Crippen LogP) is 3.54. The summed E-state index contributed by atoms with van der Waals surface area (Å²) in [5.74, 6) is 0. The highest BCUT2D eigenvalue weighted by atomic mass is 32.2. The Labute approximate surface area is 120 Å². The minimum atomic E-state index is -3.33. The van der Waals surface area contributed by atoms with Crippen LogP contribution in [0.4, 0.5) is 0 Å². The van der Waals surface area contributed by atoms with E-state index >= 15 is 0 Å². The third-order valence-corrected chi connectivity index (χ3v) is 8.83. The van der Waals surface area contributed by atoms with Crippen molar-refractivity contribution in [3.8, 4) is 0 Å². The molecule has 0 rings (SSSR count). The minimum Gasteiger partial charge on any atom is -0.412 e. The molecule has 0 atom stereocenters. The van der Waals surface area contributed by atoms with Crippen molar-refractivity contribution in [2.24, 2.45) is 0 Å². The lowest BCUT2D eigenvalue weighted by Gasteiger charge is -2.43. The van der Waals surface area contributed by atoms with Crippen molar-refractivity contribution in [1.29, 1.82) is 0 Å². The van der Waals surface area contributed by atoms with E-state index < -0.39 is 18.4 Å². The van der Waals surface area contributed by atoms with Gasteiger partial charge in [-0.3, -0.25) is 4.18 Å². The molecule has 0 heterocycles. The Bertz CT molecular complexity index is 380. The van der Waals surface area contributed by atoms with Gasteiger partial charge in [0.05, 0.1) is 18.5 Å². The molecule has 0 fully saturated rings. The van der Waals surface area contributed by atoms with Crippen LogP contribution in [0.5, 0.6) is 0 Å². The minimum absolute atomic E-state index is 0.174. The van der Waals surface area contributed by atoms with Crippen LogP contribution in [0.2, 0.25) is 18.1 Å². The van der Waals surface area contributed by atoms with E-state index in [1.165, 1.54) is 0 Å². The van der Waals surface area contributed by atoms with E-state index in [0.717, 1.165) is 12.7 Å². The van der Waals surface area contributed by atoms with Gasteiger partial charge in [-0.2, -0.15) is 8.42 Å². The summed E-state index contributed by atoms with van der Waals surface area (Å²) in [4.78, 5) is 0. The van der Waals surface area contributed by atoms with Crippen LogP contribution in [-0.2, 0) is 18.7 Å². The summed E-state index contributed by atoms with van der Waals surface area (Å²) in [5, 5.41) is 0.174. The first-order valence-corrected chi connectivity index (χ1v) is 11.4. The van der Waals surface area contributed by atoms with E-state index in [0.29, 0.717) is 6.42 Å². The maximum atomic E-state index is 10.9. The normalized spacial score (nSPS) is 14.7. The summed E-state index contributed by atoms with van der Waals surface area (Å²) in [7, 11) is -5.13. The molecule has 6 heteroatoms. The van der Waals surface area contributed by atoms with Gasteiger partial charge in [0.2, 0.25) is 0 Å². The van der Waals surface area contributed by atoms with Gasteiger partial charge < -0.3 is 4.43 Å². The van der Waals surface area contributed by atoms with Crippen LogP contribution in [0.25, 0.3) is 0 Å². The lowest BCUT2D eigenvalue weighted by Crippen LogP contribution is -2.47. The lowest BCUT2D eigenvalue weighted by molar-refractivity contribution is 0.0755. The van der Waals surface area contributed by atoms with Gasteiger partial charge in [-0.1, -0.05) is 20.8 Å². The Kier molecular flexibility index (Phi) is 6.27. The summed E-state index contributed by atoms with van der Waals surface area (Å²) >= 11 is 0. The molecular formula is C13H30O4SSi. The molecule has 0 radical (unpaired) electrons. The van der Waals surface area contributed by atoms with Gasteiger partial charge in [0.1, 0.15) is 0 Å². The fraction of sp³-hybridized carbons (Fsp3) is 1.00. The van der Waals surface area contributed by atoms with E-state index in [9.17, 15) is 8.42 Å². The Morgan fingerprint density at radius 2 is 1.53 bits per heavy atom. The first-order valence-electron chi connectivity index (χ1n) is 6.71. The molecule has 0 aliphatic rings. The van der Waals surface area contributed by atoms with Crippen molar-refractivity contribution in [3.63, 3.8) is 0 Å². The molecule has 0 spiro atoms. The number of hydrogen-bond donors (Lipinski definition) is 0. The molecule has 0 aliphatic carbocycles. The maximum absolute atomic E-state index is 10.9. The zero-order valence-electron chi connectivity index (χ0n) is 13.7. The van der Waals surface area contributed by atoms with Crippen LogP contribution < -0.4 is 0 Å². The fourth-order valence-corrected chi connectivity index (χ4v) is 3.81. The second-order valence-corrected chi connectivity index (χ2v) is 13.6. The molecule has 116 valence electrons. The Morgan fingerprint density at radius 1 is 1.05 bits per heavy atom. The predicted molar refractivity (Wildman–Crippen MR) is 82.4 cm³/mol. The molecule has 0 aliphatic heterocycles. The highest BCUT2D eigenvalue weighted by molar-refractivity contribution is 7.85. The standard InChI is InChI=1S/C13H30O4SSi/c1-12(2,3)19(7,8)17-13(4,5)10-9-11-16-18(6,14)15/h9-11H2,1-8H3. The first-order chi connectivity index (χ1) is 8.16. The summed E-state index contributed by atoms with van der Waals surface area (Å²) < 4.78 is 32.8. The first kappa shape index (κ1) is 19.1. The smallest absolute Gasteiger partial charge is 0.264 e. The Morgan fingerprint density at radius 3 is 1.89 bits per heavy atom. The zero-order chi connectivity index (χ0) is 15.5. The van der Waals surface area contributed by atoms with Crippen LogP contribution in [-0.4, -0.2) is 35.2 Å². The highest BCUT2D eigenvalue weighted by Gasteiger charge is 2.41. The third kappa shape index (κ3) is 8.07. The van der Waals surface area contributed by atoms with Gasteiger partial charge in [0.25, 0.3) is 10.1 Å². The Hall–Kier alpha value is 0.0869. The van der Waals surface area contributed by atoms with Gasteiger partial charge in [0, 0.05) is 0 Å². The van der Waals surface area contributed by atoms with Crippen molar-refractivity contribution in [2.45, 2.75) is 71.2 Å². The third-order valence-electron chi connectivity index (χ3n) is 3.56. The SMILES string of the molecule is CC(C)(CCCOS(C)(=O)=O)O[Si](C)(C)C(C)(C)C. The second kappa shape index (κ2) is 6.24. The molecule has 0 unspecified atom stereocenters. The molecule has 0 aromatic carbocycles. The van der Waals surface area contributed by atoms with Crippen molar-refractivity contribution in [3.05, 3.63) is 0 Å². The maximum Gasteiger partial charge on any atom is 0.264 e. The van der Waals surface area contributed by atoms with Crippen molar-refractivity contribution >= 4 is 18.4 Å². The molecule has 0 saturated carbocycles. The molecule has 0 aromatic rings. The van der Waals surface area contributed by atoms with E-state index in [-0.39, 0.29) is 17.2 Å². The topological polar surface area (TPSA) is 52.6 Å². The van der Waals surface area contributed by atoms with E-state index in [1.807, 2.05) is 0 Å². The molecule has 0 saturated heterocycles. The van der Waals surface area contributed by atoms with Gasteiger partial charge in [-0.25, -0.2) is 0 Å². The largest absolute Gasteiger partial charge is 0.412 e. The molecule has 0 amide bonds. The lowest BCUT2D eigenvalue weighted by atomic mass is 10.0. The molecule has 0 N–H and O–H groups in total. The molecular weight excluding hydrogens is 280 g/mol. The van der Waals surface area contributed by atoms with Crippen molar-refractivity contribution in [1.82, 2.24) is 0 Å². The molecule has 0 bridgehead atoms. The highest BCUT2D eigenvalue weighted by Crippen LogP contribution is 2.39. The van der Waals surface area contributed by atoms with Gasteiger partial charge >= 0.3 is 0 Å². The second-order valence-electron chi connectivity index (χ2n) is 7.25. The van der Waals surface area contributed by atoms with Crippen LogP contribution in [0.1, 0.15) is 47.5 Å². The van der Waals surface area contributed by atoms with E-state index in [2.05, 4.69) is 47.7 Å². The monoisotopic (exact) mass is 310 g/mol. The number of rotatable bonds is 7. The van der Waals surface area contributed by atoms with Crippen LogP contribution >= 0.6 is 0 Å². The van der Waals surface area contributed by atoms with Gasteiger partial charge in [-0.15, -0.1) is 0 Å². The summed E-state index contributed by atoms with van der Waals surface area (Å²) in [6.45, 7) is 15.4. The molecule has 4 nitrogen and oxygen atoms in total. The summed E-state index contributed by atoms with van der Waals surface area (Å²) in [6, 6.07) is 0. The zero-order valence-corrected chi connectivity index (χ0v) is 15.5. The van der Waals surface area contributed by atoms with Crippen LogP contribution in [0.15, 0.2) is 0 Å². The summed E-state index contributed by atoms with van der Waals surface area (Å²) in [5.41, 5.74) is -0.246. The fourth-order valence-electron chi connectivity index (χ4n) is 1.60. The van der Waals surface area contributed by atoms with E-state index in [4.69, 9.17) is 8.61 Å². The average molecular weight is 311 g/mol. The van der Waals surface area contributed by atoms with Gasteiger partial charge in [0.15, 0.2) is 8.32 Å². The van der Waals surface area contributed by atoms with Crippen molar-refractivity contribution < 1.29 is 17.0 Å². The quantitative estimate of drug-likeness (QED) is 0.410. The summed E-state index contributed by atoms with van der Waals surface area (Å²) in [6.07, 6.45) is 2.54. The van der Waals surface area contributed by atoms with E-state index in [1.54, 1.807) is 0 Å². The average Bonchev–Trinajstić information content (AvgIpc) is 2.07.